The Balaban J connectivity index is 1.83. The molecule has 1 aromatic carbocycles. The van der Waals surface area contributed by atoms with Crippen molar-refractivity contribution in [1.29, 1.82) is 0 Å². The van der Waals surface area contributed by atoms with Crippen LogP contribution < -0.4 is 10.2 Å². The molecule has 1 aliphatic rings. The van der Waals surface area contributed by atoms with E-state index < -0.39 is 11.7 Å². The highest BCUT2D eigenvalue weighted by Gasteiger charge is 2.31. The Bertz CT molecular complexity index is 720. The van der Waals surface area contributed by atoms with Crippen molar-refractivity contribution in [2.45, 2.75) is 6.18 Å². The molecule has 2 aromatic rings. The molecule has 0 atom stereocenters. The SMILES string of the molecule is FC(F)(F)c1ccc(Cl)c(Nc2nccc(N3CCOCC3)n2)c1. The molecule has 1 aliphatic heterocycles. The number of rotatable bonds is 3. The zero-order valence-electron chi connectivity index (χ0n) is 12.5. The van der Waals surface area contributed by atoms with Crippen LogP contribution in [-0.2, 0) is 10.9 Å². The minimum Gasteiger partial charge on any atom is -0.378 e. The summed E-state index contributed by atoms with van der Waals surface area (Å²) in [5, 5.41) is 2.91. The number of hydrogen-bond donors (Lipinski definition) is 1. The molecule has 0 aliphatic carbocycles. The van der Waals surface area contributed by atoms with Crippen LogP contribution in [0.25, 0.3) is 0 Å². The summed E-state index contributed by atoms with van der Waals surface area (Å²) in [6.07, 6.45) is -2.90. The number of aromatic nitrogens is 2. The molecule has 1 saturated heterocycles. The number of alkyl halides is 3. The number of halogens is 4. The smallest absolute Gasteiger partial charge is 0.378 e. The van der Waals surface area contributed by atoms with Crippen molar-refractivity contribution in [2.24, 2.45) is 0 Å². The molecule has 0 bridgehead atoms. The van der Waals surface area contributed by atoms with E-state index in [2.05, 4.69) is 15.3 Å². The highest BCUT2D eigenvalue weighted by molar-refractivity contribution is 6.33. The van der Waals surface area contributed by atoms with E-state index in [1.807, 2.05) is 4.90 Å². The van der Waals surface area contributed by atoms with Crippen LogP contribution in [0.15, 0.2) is 30.5 Å². The lowest BCUT2D eigenvalue weighted by molar-refractivity contribution is -0.137. The standard InChI is InChI=1S/C15H14ClF3N4O/c16-11-2-1-10(15(17,18)19)9-12(11)21-14-20-4-3-13(22-14)23-5-7-24-8-6-23/h1-4,9H,5-8H2,(H,20,21,22). The first kappa shape index (κ1) is 16.8. The second kappa shape index (κ2) is 6.82. The molecule has 0 spiro atoms. The van der Waals surface area contributed by atoms with Gasteiger partial charge in [0.25, 0.3) is 0 Å². The maximum Gasteiger partial charge on any atom is 0.416 e. The third-order valence-electron chi connectivity index (χ3n) is 3.52. The molecule has 0 radical (unpaired) electrons. The van der Waals surface area contributed by atoms with Crippen molar-refractivity contribution < 1.29 is 17.9 Å². The average Bonchev–Trinajstić information content (AvgIpc) is 2.57. The lowest BCUT2D eigenvalue weighted by atomic mass is 10.2. The fourth-order valence-electron chi connectivity index (χ4n) is 2.30. The molecule has 0 unspecified atom stereocenters. The molecule has 128 valence electrons. The lowest BCUT2D eigenvalue weighted by Crippen LogP contribution is -2.36. The van der Waals surface area contributed by atoms with Crippen LogP contribution >= 0.6 is 11.6 Å². The average molecular weight is 359 g/mol. The second-order valence-electron chi connectivity index (χ2n) is 5.16. The van der Waals surface area contributed by atoms with Gasteiger partial charge in [-0.1, -0.05) is 11.6 Å². The summed E-state index contributed by atoms with van der Waals surface area (Å²) in [4.78, 5) is 10.4. The molecule has 1 aromatic heterocycles. The van der Waals surface area contributed by atoms with Crippen LogP contribution in [0.2, 0.25) is 5.02 Å². The van der Waals surface area contributed by atoms with Gasteiger partial charge in [-0.25, -0.2) is 4.98 Å². The summed E-state index contributed by atoms with van der Waals surface area (Å²) in [5.74, 6) is 0.860. The van der Waals surface area contributed by atoms with Crippen LogP contribution in [0.4, 0.5) is 30.6 Å². The van der Waals surface area contributed by atoms with Crippen LogP contribution in [0, 0.1) is 0 Å². The Hall–Kier alpha value is -2.06. The summed E-state index contributed by atoms with van der Waals surface area (Å²) < 4.78 is 43.8. The predicted octanol–water partition coefficient (Wildman–Crippen LogP) is 3.73. The van der Waals surface area contributed by atoms with E-state index in [4.69, 9.17) is 16.3 Å². The molecule has 0 amide bonds. The Morgan fingerprint density at radius 3 is 2.62 bits per heavy atom. The maximum absolute atomic E-state index is 12.8. The lowest BCUT2D eigenvalue weighted by Gasteiger charge is -2.27. The topological polar surface area (TPSA) is 50.3 Å². The van der Waals surface area contributed by atoms with Gasteiger partial charge in [0.15, 0.2) is 0 Å². The molecular formula is C15H14ClF3N4O. The van der Waals surface area contributed by atoms with E-state index in [1.54, 1.807) is 12.3 Å². The molecule has 1 fully saturated rings. The Labute approximate surface area is 141 Å². The number of nitrogens with zero attached hydrogens (tertiary/aromatic N) is 3. The molecular weight excluding hydrogens is 345 g/mol. The largest absolute Gasteiger partial charge is 0.416 e. The molecule has 24 heavy (non-hydrogen) atoms. The van der Waals surface area contributed by atoms with Gasteiger partial charge in [0, 0.05) is 19.3 Å². The highest BCUT2D eigenvalue weighted by Crippen LogP contribution is 2.34. The summed E-state index contributed by atoms with van der Waals surface area (Å²) in [7, 11) is 0. The summed E-state index contributed by atoms with van der Waals surface area (Å²) >= 11 is 5.97. The van der Waals surface area contributed by atoms with E-state index in [0.29, 0.717) is 32.1 Å². The van der Waals surface area contributed by atoms with Gasteiger partial charge < -0.3 is 15.0 Å². The zero-order chi connectivity index (χ0) is 17.2. The summed E-state index contributed by atoms with van der Waals surface area (Å²) in [6.45, 7) is 2.60. The summed E-state index contributed by atoms with van der Waals surface area (Å²) in [5.41, 5.74) is -0.690. The Kier molecular flexibility index (Phi) is 4.77. The monoisotopic (exact) mass is 358 g/mol. The number of morpholine rings is 1. The van der Waals surface area contributed by atoms with Gasteiger partial charge >= 0.3 is 6.18 Å². The van der Waals surface area contributed by atoms with Gasteiger partial charge in [-0.05, 0) is 24.3 Å². The number of ether oxygens (including phenoxy) is 1. The van der Waals surface area contributed by atoms with Crippen LogP contribution in [0.3, 0.4) is 0 Å². The number of hydrogen-bond acceptors (Lipinski definition) is 5. The van der Waals surface area contributed by atoms with Crippen molar-refractivity contribution in [3.05, 3.63) is 41.0 Å². The van der Waals surface area contributed by atoms with E-state index >= 15 is 0 Å². The zero-order valence-corrected chi connectivity index (χ0v) is 13.2. The molecule has 5 nitrogen and oxygen atoms in total. The normalized spacial score (nSPS) is 15.4. The van der Waals surface area contributed by atoms with Gasteiger partial charge in [-0.3, -0.25) is 0 Å². The maximum atomic E-state index is 12.8. The van der Waals surface area contributed by atoms with Crippen LogP contribution in [-0.4, -0.2) is 36.3 Å². The van der Waals surface area contributed by atoms with Crippen molar-refractivity contribution in [1.82, 2.24) is 9.97 Å². The van der Waals surface area contributed by atoms with Crippen molar-refractivity contribution in [3.8, 4) is 0 Å². The van der Waals surface area contributed by atoms with Gasteiger partial charge in [0.2, 0.25) is 5.95 Å². The number of nitrogens with one attached hydrogen (secondary N) is 1. The van der Waals surface area contributed by atoms with E-state index in [9.17, 15) is 13.2 Å². The third-order valence-corrected chi connectivity index (χ3v) is 3.85. The third kappa shape index (κ3) is 3.88. The first-order valence-corrected chi connectivity index (χ1v) is 7.61. The fraction of sp³-hybridized carbons (Fsp3) is 0.333. The first-order valence-electron chi connectivity index (χ1n) is 7.23. The first-order chi connectivity index (χ1) is 11.4. The molecule has 2 heterocycles. The van der Waals surface area contributed by atoms with E-state index in [1.165, 1.54) is 6.07 Å². The Morgan fingerprint density at radius 1 is 1.17 bits per heavy atom. The quantitative estimate of drug-likeness (QED) is 0.906. The number of benzene rings is 1. The summed E-state index contributed by atoms with van der Waals surface area (Å²) in [6, 6.07) is 4.80. The molecule has 3 rings (SSSR count). The van der Waals surface area contributed by atoms with E-state index in [-0.39, 0.29) is 16.7 Å². The van der Waals surface area contributed by atoms with Crippen molar-refractivity contribution in [3.63, 3.8) is 0 Å². The molecule has 9 heteroatoms. The highest BCUT2D eigenvalue weighted by atomic mass is 35.5. The van der Waals surface area contributed by atoms with Crippen LogP contribution in [0.1, 0.15) is 5.56 Å². The van der Waals surface area contributed by atoms with Crippen LogP contribution in [0.5, 0.6) is 0 Å². The Morgan fingerprint density at radius 2 is 1.92 bits per heavy atom. The van der Waals surface area contributed by atoms with Gasteiger partial charge in [0.05, 0.1) is 29.5 Å². The van der Waals surface area contributed by atoms with Crippen molar-refractivity contribution >= 4 is 29.1 Å². The second-order valence-corrected chi connectivity index (χ2v) is 5.56. The number of anilines is 3. The van der Waals surface area contributed by atoms with Gasteiger partial charge in [0.1, 0.15) is 5.82 Å². The fourth-order valence-corrected chi connectivity index (χ4v) is 2.46. The van der Waals surface area contributed by atoms with Gasteiger partial charge in [-0.15, -0.1) is 0 Å². The molecule has 0 saturated carbocycles. The predicted molar refractivity (Wildman–Crippen MR) is 84.8 cm³/mol. The minimum atomic E-state index is -4.45. The van der Waals surface area contributed by atoms with Gasteiger partial charge in [-0.2, -0.15) is 18.2 Å². The minimum absolute atomic E-state index is 0.102. The van der Waals surface area contributed by atoms with Crippen molar-refractivity contribution in [2.75, 3.05) is 36.5 Å². The molecule has 1 N–H and O–H groups in total. The van der Waals surface area contributed by atoms with E-state index in [0.717, 1.165) is 12.1 Å².